The van der Waals surface area contributed by atoms with E-state index in [-0.39, 0.29) is 22.4 Å². The van der Waals surface area contributed by atoms with E-state index in [4.69, 9.17) is 0 Å². The van der Waals surface area contributed by atoms with Crippen molar-refractivity contribution >= 4 is 27.2 Å². The van der Waals surface area contributed by atoms with E-state index in [2.05, 4.69) is 4.72 Å². The summed E-state index contributed by atoms with van der Waals surface area (Å²) >= 11 is -1.46. The van der Waals surface area contributed by atoms with Gasteiger partial charge < -0.3 is 9.12 Å². The number of aromatic nitrogens is 1. The van der Waals surface area contributed by atoms with Gasteiger partial charge in [0.05, 0.1) is 11.8 Å². The van der Waals surface area contributed by atoms with E-state index in [1.807, 2.05) is 20.8 Å². The Kier molecular flexibility index (Phi) is 9.24. The van der Waals surface area contributed by atoms with E-state index < -0.39 is 43.8 Å². The van der Waals surface area contributed by atoms with Gasteiger partial charge in [-0.25, -0.2) is 17.1 Å². The van der Waals surface area contributed by atoms with Crippen molar-refractivity contribution in [2.45, 2.75) is 44.2 Å². The van der Waals surface area contributed by atoms with Crippen molar-refractivity contribution in [3.8, 4) is 11.1 Å². The molecule has 0 fully saturated rings. The number of aryl methyl sites for hydroxylation is 1. The summed E-state index contributed by atoms with van der Waals surface area (Å²) in [7, 11) is 0.839. The molecule has 0 aliphatic carbocycles. The van der Waals surface area contributed by atoms with Crippen LogP contribution in [0.15, 0.2) is 59.5 Å². The van der Waals surface area contributed by atoms with Gasteiger partial charge in [-0.15, -0.1) is 4.72 Å². The Balaban J connectivity index is 2.27. The molecule has 0 saturated carbocycles. The van der Waals surface area contributed by atoms with Crippen molar-refractivity contribution in [1.82, 2.24) is 13.6 Å². The molecule has 0 amide bonds. The van der Waals surface area contributed by atoms with Crippen molar-refractivity contribution in [1.29, 1.82) is 0 Å². The molecule has 0 unspecified atom stereocenters. The maximum absolute atomic E-state index is 13.6. The second kappa shape index (κ2) is 11.7. The Morgan fingerprint density at radius 3 is 2.28 bits per heavy atom. The fourth-order valence-electron chi connectivity index (χ4n) is 3.83. The minimum atomic E-state index is -3.61. The molecule has 0 spiro atoms. The molecule has 3 rings (SSSR count). The van der Waals surface area contributed by atoms with Crippen LogP contribution in [0, 0.1) is 5.82 Å². The molecule has 1 N–H and O–H groups in total. The number of ketones is 1. The van der Waals surface area contributed by atoms with E-state index in [9.17, 15) is 27.0 Å². The van der Waals surface area contributed by atoms with Gasteiger partial charge in [0.25, 0.3) is 5.56 Å². The summed E-state index contributed by atoms with van der Waals surface area (Å²) < 4.78 is 56.7. The third kappa shape index (κ3) is 7.23. The van der Waals surface area contributed by atoms with E-state index in [0.717, 1.165) is 4.31 Å². The summed E-state index contributed by atoms with van der Waals surface area (Å²) in [5, 5.41) is 0. The molecule has 0 saturated heterocycles. The van der Waals surface area contributed by atoms with Crippen LogP contribution in [0.3, 0.4) is 0 Å². The van der Waals surface area contributed by atoms with Gasteiger partial charge >= 0.3 is 0 Å². The quantitative estimate of drug-likeness (QED) is 0.306. The normalized spacial score (nSPS) is 13.9. The Morgan fingerprint density at radius 2 is 1.72 bits per heavy atom. The lowest BCUT2D eigenvalue weighted by atomic mass is 9.89. The molecular weight excluding hydrogens is 541 g/mol. The summed E-state index contributed by atoms with van der Waals surface area (Å²) in [6.45, 7) is 7.23. The number of nitrogens with zero attached hydrogens (tertiary/aromatic N) is 2. The standard InChI is InChI=1S/C28H34FN3O5S2/c1-18(30-38(35)28(2,3)4)23-15-26(33)32(7)16-25(23)24-14-19(17-39(36,37)31(5)6)8-13-22(24)27(34)20-9-11-21(29)12-10-20/h8-16,18,30H,17H2,1-7H3/t18-,38-/m0/s1. The molecule has 8 nitrogen and oxygen atoms in total. The zero-order valence-corrected chi connectivity index (χ0v) is 24.7. The van der Waals surface area contributed by atoms with Crippen molar-refractivity contribution in [3.05, 3.63) is 93.2 Å². The van der Waals surface area contributed by atoms with Crippen molar-refractivity contribution in [3.63, 3.8) is 0 Å². The van der Waals surface area contributed by atoms with Crippen LogP contribution in [-0.2, 0) is 34.2 Å². The van der Waals surface area contributed by atoms with Crippen LogP contribution in [-0.4, -0.2) is 46.5 Å². The Labute approximate surface area is 232 Å². The minimum Gasteiger partial charge on any atom is -0.598 e. The molecule has 0 bridgehead atoms. The number of carbonyl (C=O) groups excluding carboxylic acids is 1. The first-order chi connectivity index (χ1) is 18.0. The number of halogens is 1. The smallest absolute Gasteiger partial charge is 0.250 e. The van der Waals surface area contributed by atoms with Gasteiger partial charge in [0.15, 0.2) is 5.78 Å². The number of sulfonamides is 1. The molecule has 3 aromatic rings. The zero-order valence-electron chi connectivity index (χ0n) is 23.1. The summed E-state index contributed by atoms with van der Waals surface area (Å²) in [5.41, 5.74) is 2.02. The first-order valence-corrected chi connectivity index (χ1v) is 15.0. The topological polar surface area (TPSA) is 112 Å². The van der Waals surface area contributed by atoms with Crippen LogP contribution in [0.5, 0.6) is 0 Å². The van der Waals surface area contributed by atoms with E-state index in [1.54, 1.807) is 38.4 Å². The predicted octanol–water partition coefficient (Wildman–Crippen LogP) is 3.93. The van der Waals surface area contributed by atoms with Crippen LogP contribution < -0.4 is 10.3 Å². The molecule has 1 heterocycles. The van der Waals surface area contributed by atoms with Crippen LogP contribution in [0.1, 0.15) is 60.8 Å². The van der Waals surface area contributed by atoms with Gasteiger partial charge in [-0.05, 0) is 74.7 Å². The third-order valence-corrected chi connectivity index (χ3v) is 9.69. The average molecular weight is 576 g/mol. The minimum absolute atomic E-state index is 0.247. The highest BCUT2D eigenvalue weighted by atomic mass is 32.2. The van der Waals surface area contributed by atoms with E-state index in [1.165, 1.54) is 49.0 Å². The first-order valence-electron chi connectivity index (χ1n) is 12.2. The van der Waals surface area contributed by atoms with Gasteiger partial charge in [-0.3, -0.25) is 9.59 Å². The maximum atomic E-state index is 13.6. The van der Waals surface area contributed by atoms with Crippen LogP contribution in [0.25, 0.3) is 11.1 Å². The van der Waals surface area contributed by atoms with Gasteiger partial charge in [-0.1, -0.05) is 12.1 Å². The molecule has 39 heavy (non-hydrogen) atoms. The second-order valence-electron chi connectivity index (χ2n) is 10.6. The summed E-state index contributed by atoms with van der Waals surface area (Å²) in [4.78, 5) is 26.3. The van der Waals surface area contributed by atoms with Gasteiger partial charge in [-0.2, -0.15) is 0 Å². The lowest BCUT2D eigenvalue weighted by Gasteiger charge is -2.27. The van der Waals surface area contributed by atoms with Crippen molar-refractivity contribution in [2.75, 3.05) is 14.1 Å². The van der Waals surface area contributed by atoms with E-state index in [0.29, 0.717) is 22.3 Å². The number of hydrogen-bond donors (Lipinski definition) is 1. The molecule has 11 heteroatoms. The Morgan fingerprint density at radius 1 is 1.10 bits per heavy atom. The number of carbonyl (C=O) groups is 1. The van der Waals surface area contributed by atoms with E-state index >= 15 is 0 Å². The van der Waals surface area contributed by atoms with Crippen LogP contribution in [0.2, 0.25) is 0 Å². The second-order valence-corrected chi connectivity index (χ2v) is 14.7. The summed E-state index contributed by atoms with van der Waals surface area (Å²) in [5.74, 6) is -1.19. The Bertz CT molecular complexity index is 1530. The molecule has 2 aromatic carbocycles. The number of benzene rings is 2. The monoisotopic (exact) mass is 575 g/mol. The lowest BCUT2D eigenvalue weighted by molar-refractivity contribution is 0.103. The lowest BCUT2D eigenvalue weighted by Crippen LogP contribution is -2.41. The highest BCUT2D eigenvalue weighted by molar-refractivity contribution is 7.90. The maximum Gasteiger partial charge on any atom is 0.250 e. The largest absolute Gasteiger partial charge is 0.598 e. The SMILES string of the molecule is C[C@H](N[S@@+]([O-])C(C)(C)C)c1cc(=O)n(C)cc1-c1cc(CS(=O)(=O)N(C)C)ccc1C(=O)c1ccc(F)cc1. The fourth-order valence-corrected chi connectivity index (χ4v) is 5.49. The van der Waals surface area contributed by atoms with Gasteiger partial charge in [0, 0.05) is 61.5 Å². The number of pyridine rings is 1. The molecule has 0 aliphatic rings. The fraction of sp³-hybridized carbons (Fsp3) is 0.357. The third-order valence-electron chi connectivity index (χ3n) is 6.20. The molecule has 0 aliphatic heterocycles. The van der Waals surface area contributed by atoms with Crippen LogP contribution in [0.4, 0.5) is 4.39 Å². The highest BCUT2D eigenvalue weighted by Crippen LogP contribution is 2.33. The molecule has 0 radical (unpaired) electrons. The van der Waals surface area contributed by atoms with Crippen molar-refractivity contribution < 1.29 is 22.2 Å². The summed E-state index contributed by atoms with van der Waals surface area (Å²) in [6.07, 6.45) is 1.58. The van der Waals surface area contributed by atoms with Gasteiger partial charge in [0.2, 0.25) is 10.0 Å². The molecule has 210 valence electrons. The Hall–Kier alpha value is -2.83. The average Bonchev–Trinajstić information content (AvgIpc) is 2.84. The van der Waals surface area contributed by atoms with Gasteiger partial charge in [0.1, 0.15) is 10.6 Å². The highest BCUT2D eigenvalue weighted by Gasteiger charge is 2.30. The first kappa shape index (κ1) is 30.7. The number of rotatable bonds is 9. The number of hydrogen-bond acceptors (Lipinski definition) is 6. The predicted molar refractivity (Wildman–Crippen MR) is 153 cm³/mol. The zero-order chi connectivity index (χ0) is 29.3. The molecule has 1 aromatic heterocycles. The summed E-state index contributed by atoms with van der Waals surface area (Å²) in [6, 6.07) is 10.7. The van der Waals surface area contributed by atoms with Crippen molar-refractivity contribution in [2.24, 2.45) is 7.05 Å². The van der Waals surface area contributed by atoms with Crippen LogP contribution >= 0.6 is 0 Å². The number of nitrogens with one attached hydrogen (secondary N) is 1. The molecular formula is C28H34FN3O5S2. The molecule has 2 atom stereocenters.